The summed E-state index contributed by atoms with van der Waals surface area (Å²) < 4.78 is 1.51. The van der Waals surface area contributed by atoms with Gasteiger partial charge in [0.1, 0.15) is 5.82 Å². The fourth-order valence-electron chi connectivity index (χ4n) is 3.60. The van der Waals surface area contributed by atoms with Gasteiger partial charge in [0, 0.05) is 12.7 Å². The minimum atomic E-state index is -0.448. The monoisotopic (exact) mass is 458 g/mol. The first kappa shape index (κ1) is 22.7. The molecule has 2 heterocycles. The lowest BCUT2D eigenvalue weighted by molar-refractivity contribution is -0.120. The molecular weight excluding hydrogens is 432 g/mol. The maximum absolute atomic E-state index is 13.4. The molecule has 0 aliphatic heterocycles. The van der Waals surface area contributed by atoms with Crippen molar-refractivity contribution in [3.63, 3.8) is 0 Å². The Kier molecular flexibility index (Phi) is 6.89. The Hall–Kier alpha value is -3.45. The number of benzene rings is 2. The lowest BCUT2D eigenvalue weighted by Gasteiger charge is -2.18. The predicted molar refractivity (Wildman–Crippen MR) is 133 cm³/mol. The third-order valence-corrected chi connectivity index (χ3v) is 6.59. The molecule has 4 aromatic rings. The first-order valence-corrected chi connectivity index (χ1v) is 11.8. The Bertz CT molecular complexity index is 1340. The normalized spacial score (nSPS) is 12.9. The van der Waals surface area contributed by atoms with E-state index in [2.05, 4.69) is 29.4 Å². The highest BCUT2D eigenvalue weighted by molar-refractivity contribution is 8.00. The summed E-state index contributed by atoms with van der Waals surface area (Å²) in [6, 6.07) is 21.0. The second kappa shape index (κ2) is 10.0. The number of hydrogen-bond acceptors (Lipinski definition) is 5. The highest BCUT2D eigenvalue weighted by atomic mass is 32.2. The number of carbonyl (C=O) groups is 1. The number of para-hydroxylation sites is 1. The van der Waals surface area contributed by atoms with Crippen molar-refractivity contribution in [2.45, 2.75) is 37.1 Å². The smallest absolute Gasteiger partial charge is 0.267 e. The highest BCUT2D eigenvalue weighted by Crippen LogP contribution is 2.25. The van der Waals surface area contributed by atoms with Crippen LogP contribution in [0.15, 0.2) is 82.9 Å². The Morgan fingerprint density at radius 3 is 2.52 bits per heavy atom. The number of amides is 1. The second-order valence-electron chi connectivity index (χ2n) is 8.01. The summed E-state index contributed by atoms with van der Waals surface area (Å²) in [4.78, 5) is 35.4. The first-order valence-electron chi connectivity index (χ1n) is 10.9. The number of hydrogen-bond donors (Lipinski definition) is 1. The second-order valence-corrected chi connectivity index (χ2v) is 9.32. The quantitative estimate of drug-likeness (QED) is 0.326. The van der Waals surface area contributed by atoms with E-state index in [-0.39, 0.29) is 17.4 Å². The van der Waals surface area contributed by atoms with Gasteiger partial charge in [-0.05, 0) is 49.1 Å². The van der Waals surface area contributed by atoms with E-state index >= 15 is 0 Å². The molecule has 33 heavy (non-hydrogen) atoms. The molecule has 2 aromatic heterocycles. The molecule has 0 bridgehead atoms. The molecule has 7 heteroatoms. The van der Waals surface area contributed by atoms with Crippen LogP contribution >= 0.6 is 11.8 Å². The van der Waals surface area contributed by atoms with Gasteiger partial charge in [-0.3, -0.25) is 9.59 Å². The summed E-state index contributed by atoms with van der Waals surface area (Å²) in [5.74, 6) is 0.614. The first-order chi connectivity index (χ1) is 16.0. The molecule has 4 rings (SSSR count). The van der Waals surface area contributed by atoms with Crippen LogP contribution in [0.25, 0.3) is 16.7 Å². The van der Waals surface area contributed by atoms with Gasteiger partial charge in [-0.1, -0.05) is 67.2 Å². The van der Waals surface area contributed by atoms with E-state index in [0.29, 0.717) is 28.4 Å². The predicted octanol–water partition coefficient (Wildman–Crippen LogP) is 4.49. The average molecular weight is 459 g/mol. The van der Waals surface area contributed by atoms with Crippen LogP contribution in [0.1, 0.15) is 30.9 Å². The lowest BCUT2D eigenvalue weighted by atomic mass is 10.0. The topological polar surface area (TPSA) is 76.9 Å². The van der Waals surface area contributed by atoms with Crippen LogP contribution in [0.3, 0.4) is 0 Å². The molecule has 0 fully saturated rings. The summed E-state index contributed by atoms with van der Waals surface area (Å²) in [7, 11) is 0. The van der Waals surface area contributed by atoms with Crippen LogP contribution < -0.4 is 10.9 Å². The van der Waals surface area contributed by atoms with Gasteiger partial charge in [-0.25, -0.2) is 14.5 Å². The van der Waals surface area contributed by atoms with Crippen molar-refractivity contribution >= 4 is 28.6 Å². The summed E-state index contributed by atoms with van der Waals surface area (Å²) in [5, 5.41) is 3.54. The zero-order valence-corrected chi connectivity index (χ0v) is 19.7. The Morgan fingerprint density at radius 1 is 1.03 bits per heavy atom. The van der Waals surface area contributed by atoms with Crippen LogP contribution in [0.4, 0.5) is 0 Å². The minimum absolute atomic E-state index is 0.102. The SMILES string of the molecule is Cc1cccnc1-n1c(SC(C)C(=O)NCC(C)c2ccccc2)nc2ccccc2c1=O. The number of nitrogens with zero attached hydrogens (tertiary/aromatic N) is 3. The molecule has 1 amide bonds. The zero-order valence-electron chi connectivity index (χ0n) is 18.9. The molecule has 6 nitrogen and oxygen atoms in total. The zero-order chi connectivity index (χ0) is 23.4. The van der Waals surface area contributed by atoms with Gasteiger partial charge in [-0.2, -0.15) is 0 Å². The van der Waals surface area contributed by atoms with E-state index < -0.39 is 5.25 Å². The van der Waals surface area contributed by atoms with E-state index in [1.165, 1.54) is 21.9 Å². The van der Waals surface area contributed by atoms with Crippen LogP contribution in [-0.4, -0.2) is 32.2 Å². The fraction of sp³-hybridized carbons (Fsp3) is 0.231. The minimum Gasteiger partial charge on any atom is -0.355 e. The maximum Gasteiger partial charge on any atom is 0.267 e. The van der Waals surface area contributed by atoms with Crippen molar-refractivity contribution in [2.75, 3.05) is 6.54 Å². The molecular formula is C26H26N4O2S. The summed E-state index contributed by atoms with van der Waals surface area (Å²) >= 11 is 1.26. The summed E-state index contributed by atoms with van der Waals surface area (Å²) in [6.45, 7) is 6.34. The number of aryl methyl sites for hydroxylation is 1. The van der Waals surface area contributed by atoms with Gasteiger partial charge in [0.15, 0.2) is 5.16 Å². The van der Waals surface area contributed by atoms with Crippen LogP contribution in [0, 0.1) is 6.92 Å². The van der Waals surface area contributed by atoms with Crippen molar-refractivity contribution in [1.29, 1.82) is 0 Å². The molecule has 2 unspecified atom stereocenters. The molecule has 2 atom stereocenters. The van der Waals surface area contributed by atoms with E-state index in [1.807, 2.05) is 62.4 Å². The number of thioether (sulfide) groups is 1. The van der Waals surface area contributed by atoms with Crippen molar-refractivity contribution in [3.8, 4) is 5.82 Å². The molecule has 168 valence electrons. The maximum atomic E-state index is 13.4. The number of aromatic nitrogens is 3. The largest absolute Gasteiger partial charge is 0.355 e. The van der Waals surface area contributed by atoms with Gasteiger partial charge in [0.25, 0.3) is 5.56 Å². The molecule has 1 N–H and O–H groups in total. The van der Waals surface area contributed by atoms with E-state index in [0.717, 1.165) is 5.56 Å². The van der Waals surface area contributed by atoms with Crippen LogP contribution in [0.5, 0.6) is 0 Å². The molecule has 0 saturated heterocycles. The number of pyridine rings is 1. The molecule has 2 aromatic carbocycles. The molecule has 0 saturated carbocycles. The average Bonchev–Trinajstić information content (AvgIpc) is 2.84. The molecule has 0 aliphatic carbocycles. The number of rotatable bonds is 7. The lowest BCUT2D eigenvalue weighted by Crippen LogP contribution is -2.34. The van der Waals surface area contributed by atoms with E-state index in [4.69, 9.17) is 4.98 Å². The van der Waals surface area contributed by atoms with Crippen molar-refractivity contribution in [3.05, 3.63) is 94.4 Å². The van der Waals surface area contributed by atoms with Gasteiger partial charge >= 0.3 is 0 Å². The van der Waals surface area contributed by atoms with E-state index in [1.54, 1.807) is 12.3 Å². The van der Waals surface area contributed by atoms with Crippen molar-refractivity contribution < 1.29 is 4.79 Å². The molecule has 0 spiro atoms. The Balaban J connectivity index is 1.61. The van der Waals surface area contributed by atoms with Crippen LogP contribution in [-0.2, 0) is 4.79 Å². The fourth-order valence-corrected chi connectivity index (χ4v) is 4.53. The Morgan fingerprint density at radius 2 is 1.76 bits per heavy atom. The molecule has 0 radical (unpaired) electrons. The number of fused-ring (bicyclic) bond motifs is 1. The number of nitrogens with one attached hydrogen (secondary N) is 1. The van der Waals surface area contributed by atoms with Crippen molar-refractivity contribution in [2.24, 2.45) is 0 Å². The van der Waals surface area contributed by atoms with Gasteiger partial charge in [-0.15, -0.1) is 0 Å². The molecule has 0 aliphatic rings. The summed E-state index contributed by atoms with van der Waals surface area (Å²) in [6.07, 6.45) is 1.65. The van der Waals surface area contributed by atoms with Gasteiger partial charge in [0.05, 0.1) is 16.2 Å². The third kappa shape index (κ3) is 4.98. The van der Waals surface area contributed by atoms with Crippen molar-refractivity contribution in [1.82, 2.24) is 19.9 Å². The van der Waals surface area contributed by atoms with Crippen LogP contribution in [0.2, 0.25) is 0 Å². The standard InChI is InChI=1S/C26H26N4O2S/c1-17-10-9-15-27-23(17)30-25(32)21-13-7-8-14-22(21)29-26(30)33-19(3)24(31)28-16-18(2)20-11-5-4-6-12-20/h4-15,18-19H,16H2,1-3H3,(H,28,31). The Labute approximate surface area is 197 Å². The van der Waals surface area contributed by atoms with E-state index in [9.17, 15) is 9.59 Å². The summed E-state index contributed by atoms with van der Waals surface area (Å²) in [5.41, 5.74) is 2.43. The highest BCUT2D eigenvalue weighted by Gasteiger charge is 2.21. The van der Waals surface area contributed by atoms with Gasteiger partial charge in [0.2, 0.25) is 5.91 Å². The number of carbonyl (C=O) groups excluding carboxylic acids is 1. The third-order valence-electron chi connectivity index (χ3n) is 5.54. The van der Waals surface area contributed by atoms with Gasteiger partial charge < -0.3 is 5.32 Å².